The van der Waals surface area contributed by atoms with Crippen LogP contribution >= 0.6 is 0 Å². The molecule has 0 spiro atoms. The third-order valence-corrected chi connectivity index (χ3v) is 2.71. The van der Waals surface area contributed by atoms with Gasteiger partial charge in [-0.1, -0.05) is 30.3 Å². The number of carbonyl (C=O) groups excluding carboxylic acids is 1. The lowest BCUT2D eigenvalue weighted by Crippen LogP contribution is -2.50. The molecule has 2 amide bonds. The Morgan fingerprint density at radius 3 is 2.53 bits per heavy atom. The van der Waals surface area contributed by atoms with Gasteiger partial charge >= 0.3 is 6.03 Å². The molecule has 1 aromatic rings. The lowest BCUT2D eigenvalue weighted by molar-refractivity contribution is 0.234. The van der Waals surface area contributed by atoms with E-state index in [2.05, 4.69) is 22.4 Å². The number of benzene rings is 1. The Kier molecular flexibility index (Phi) is 2.31. The fourth-order valence-corrected chi connectivity index (χ4v) is 1.88. The third-order valence-electron chi connectivity index (χ3n) is 2.71. The molecule has 1 aliphatic rings. The van der Waals surface area contributed by atoms with Crippen LogP contribution in [0.2, 0.25) is 0 Å². The summed E-state index contributed by atoms with van der Waals surface area (Å²) < 4.78 is 0. The first kappa shape index (κ1) is 9.90. The Hall–Kier alpha value is -1.64. The van der Waals surface area contributed by atoms with Gasteiger partial charge in [0.15, 0.2) is 0 Å². The van der Waals surface area contributed by atoms with E-state index in [1.54, 1.807) is 6.21 Å². The molecule has 3 nitrogen and oxygen atoms in total. The number of carbonyl (C=O) groups is 1. The lowest BCUT2D eigenvalue weighted by Gasteiger charge is -2.35. The van der Waals surface area contributed by atoms with E-state index in [1.165, 1.54) is 5.56 Å². The third kappa shape index (κ3) is 1.91. The number of hydrogen-bond acceptors (Lipinski definition) is 1. The second-order valence-corrected chi connectivity index (χ2v) is 4.32. The number of rotatable bonds is 1. The van der Waals surface area contributed by atoms with Crippen LogP contribution in [0.15, 0.2) is 35.3 Å². The Balaban J connectivity index is 2.37. The molecule has 1 unspecified atom stereocenters. The quantitative estimate of drug-likeness (QED) is 0.746. The van der Waals surface area contributed by atoms with Gasteiger partial charge in [-0.05, 0) is 19.4 Å². The van der Waals surface area contributed by atoms with Crippen LogP contribution in [0.25, 0.3) is 0 Å². The van der Waals surface area contributed by atoms with Crippen LogP contribution in [0.4, 0.5) is 4.79 Å². The van der Waals surface area contributed by atoms with Gasteiger partial charge in [0.05, 0.1) is 0 Å². The van der Waals surface area contributed by atoms with E-state index < -0.39 is 0 Å². The first-order chi connectivity index (χ1) is 7.09. The molecule has 1 N–H and O–H groups in total. The highest BCUT2D eigenvalue weighted by Crippen LogP contribution is 2.28. The molecule has 0 radical (unpaired) electrons. The van der Waals surface area contributed by atoms with Crippen molar-refractivity contribution in [3.05, 3.63) is 35.9 Å². The zero-order valence-corrected chi connectivity index (χ0v) is 8.90. The average Bonchev–Trinajstić information content (AvgIpc) is 2.17. The monoisotopic (exact) mass is 202 g/mol. The van der Waals surface area contributed by atoms with E-state index in [0.29, 0.717) is 0 Å². The van der Waals surface area contributed by atoms with E-state index in [-0.39, 0.29) is 17.5 Å². The van der Waals surface area contributed by atoms with Crippen molar-refractivity contribution >= 4 is 12.2 Å². The van der Waals surface area contributed by atoms with E-state index >= 15 is 0 Å². The number of hydrogen-bond donors (Lipinski definition) is 1. The van der Waals surface area contributed by atoms with Crippen molar-refractivity contribution in [1.29, 1.82) is 0 Å². The van der Waals surface area contributed by atoms with Crippen molar-refractivity contribution in [3.8, 4) is 0 Å². The summed E-state index contributed by atoms with van der Waals surface area (Å²) in [5.74, 6) is 0.136. The topological polar surface area (TPSA) is 41.5 Å². The maximum Gasteiger partial charge on any atom is 0.341 e. The Morgan fingerprint density at radius 1 is 1.27 bits per heavy atom. The van der Waals surface area contributed by atoms with E-state index in [9.17, 15) is 4.79 Å². The fourth-order valence-electron chi connectivity index (χ4n) is 1.88. The summed E-state index contributed by atoms with van der Waals surface area (Å²) in [6, 6.07) is 9.82. The number of aliphatic imine (C=N–C) groups is 1. The first-order valence-electron chi connectivity index (χ1n) is 5.01. The molecule has 78 valence electrons. The van der Waals surface area contributed by atoms with Crippen LogP contribution in [-0.2, 0) is 0 Å². The van der Waals surface area contributed by atoms with Gasteiger partial charge in [-0.2, -0.15) is 0 Å². The number of urea groups is 1. The predicted octanol–water partition coefficient (Wildman–Crippen LogP) is 2.34. The average molecular weight is 202 g/mol. The van der Waals surface area contributed by atoms with Crippen LogP contribution in [-0.4, -0.2) is 17.8 Å². The molecular formula is C12H14N2O. The summed E-state index contributed by atoms with van der Waals surface area (Å²) in [5, 5.41) is 2.87. The smallest absolute Gasteiger partial charge is 0.330 e. The largest absolute Gasteiger partial charge is 0.341 e. The Labute approximate surface area is 89.2 Å². The minimum Gasteiger partial charge on any atom is -0.330 e. The van der Waals surface area contributed by atoms with Crippen LogP contribution in [0.1, 0.15) is 25.3 Å². The zero-order chi connectivity index (χ0) is 10.9. The molecule has 3 heteroatoms. The molecule has 1 heterocycles. The van der Waals surface area contributed by atoms with Gasteiger partial charge in [0.1, 0.15) is 0 Å². The van der Waals surface area contributed by atoms with Crippen molar-refractivity contribution in [1.82, 2.24) is 5.32 Å². The van der Waals surface area contributed by atoms with Gasteiger partial charge in [0.25, 0.3) is 0 Å². The summed E-state index contributed by atoms with van der Waals surface area (Å²) >= 11 is 0. The lowest BCUT2D eigenvalue weighted by atomic mass is 9.82. The van der Waals surface area contributed by atoms with Crippen LogP contribution in [0.3, 0.4) is 0 Å². The van der Waals surface area contributed by atoms with Gasteiger partial charge in [0.2, 0.25) is 0 Å². The molecule has 0 fully saturated rings. The Bertz CT molecular complexity index is 395. The first-order valence-corrected chi connectivity index (χ1v) is 5.01. The molecule has 1 aliphatic heterocycles. The van der Waals surface area contributed by atoms with Crippen LogP contribution in [0.5, 0.6) is 0 Å². The SMILES string of the molecule is CC1(C)NC(=O)N=CC1c1ccccc1. The second kappa shape index (κ2) is 3.50. The highest BCUT2D eigenvalue weighted by atomic mass is 16.2. The fraction of sp³-hybridized carbons (Fsp3) is 0.333. The molecule has 0 saturated heterocycles. The summed E-state index contributed by atoms with van der Waals surface area (Å²) in [6.07, 6.45) is 1.73. The maximum absolute atomic E-state index is 11.1. The molecule has 2 rings (SSSR count). The van der Waals surface area contributed by atoms with Gasteiger partial charge in [-0.15, -0.1) is 0 Å². The van der Waals surface area contributed by atoms with Gasteiger partial charge in [-0.25, -0.2) is 9.79 Å². The standard InChI is InChI=1S/C12H14N2O/c1-12(2)10(8-13-11(15)14-12)9-6-4-3-5-7-9/h3-8,10H,1-2H3,(H,14,15). The molecular weight excluding hydrogens is 188 g/mol. The van der Waals surface area contributed by atoms with E-state index in [0.717, 1.165) is 0 Å². The summed E-state index contributed by atoms with van der Waals surface area (Å²) in [5.41, 5.74) is 0.895. The van der Waals surface area contributed by atoms with E-state index in [4.69, 9.17) is 0 Å². The van der Waals surface area contributed by atoms with Crippen molar-refractivity contribution in [2.24, 2.45) is 4.99 Å². The molecule has 1 atom stereocenters. The van der Waals surface area contributed by atoms with Crippen LogP contribution < -0.4 is 5.32 Å². The normalized spacial score (nSPS) is 23.6. The van der Waals surface area contributed by atoms with Crippen molar-refractivity contribution in [2.75, 3.05) is 0 Å². The number of amides is 2. The van der Waals surface area contributed by atoms with Crippen molar-refractivity contribution in [2.45, 2.75) is 25.3 Å². The molecule has 0 saturated carbocycles. The maximum atomic E-state index is 11.1. The second-order valence-electron chi connectivity index (χ2n) is 4.32. The highest BCUT2D eigenvalue weighted by Gasteiger charge is 2.33. The summed E-state index contributed by atoms with van der Waals surface area (Å²) in [7, 11) is 0. The van der Waals surface area contributed by atoms with Crippen molar-refractivity contribution in [3.63, 3.8) is 0 Å². The van der Waals surface area contributed by atoms with Gasteiger partial charge in [-0.3, -0.25) is 0 Å². The minimum absolute atomic E-state index is 0.136. The molecule has 0 aliphatic carbocycles. The minimum atomic E-state index is -0.278. The number of nitrogens with one attached hydrogen (secondary N) is 1. The van der Waals surface area contributed by atoms with Crippen LogP contribution in [0, 0.1) is 0 Å². The van der Waals surface area contributed by atoms with Crippen molar-refractivity contribution < 1.29 is 4.79 Å². The molecule has 0 bridgehead atoms. The van der Waals surface area contributed by atoms with E-state index in [1.807, 2.05) is 32.0 Å². The van der Waals surface area contributed by atoms with Gasteiger partial charge in [0, 0.05) is 17.7 Å². The highest BCUT2D eigenvalue weighted by molar-refractivity contribution is 5.90. The summed E-state index contributed by atoms with van der Waals surface area (Å²) in [4.78, 5) is 15.0. The molecule has 1 aromatic carbocycles. The Morgan fingerprint density at radius 2 is 1.93 bits per heavy atom. The zero-order valence-electron chi connectivity index (χ0n) is 8.90. The predicted molar refractivity (Wildman–Crippen MR) is 60.3 cm³/mol. The molecule has 0 aromatic heterocycles. The molecule has 15 heavy (non-hydrogen) atoms. The number of nitrogens with zero attached hydrogens (tertiary/aromatic N) is 1. The summed E-state index contributed by atoms with van der Waals surface area (Å²) in [6.45, 7) is 4.02. The van der Waals surface area contributed by atoms with Gasteiger partial charge < -0.3 is 5.32 Å².